The Hall–Kier alpha value is -2.75. The van der Waals surface area contributed by atoms with Crippen LogP contribution in [0.1, 0.15) is 10.4 Å². The van der Waals surface area contributed by atoms with Gasteiger partial charge in [-0.15, -0.1) is 0 Å². The molecule has 0 heterocycles. The van der Waals surface area contributed by atoms with E-state index < -0.39 is 5.91 Å². The number of ether oxygens (including phenoxy) is 2. The van der Waals surface area contributed by atoms with Gasteiger partial charge in [0.25, 0.3) is 0 Å². The van der Waals surface area contributed by atoms with E-state index in [1.54, 1.807) is 20.3 Å². The highest BCUT2D eigenvalue weighted by Crippen LogP contribution is 2.36. The van der Waals surface area contributed by atoms with Crippen molar-refractivity contribution in [3.05, 3.63) is 48.0 Å². The molecule has 0 unspecified atom stereocenters. The van der Waals surface area contributed by atoms with Crippen LogP contribution >= 0.6 is 0 Å². The van der Waals surface area contributed by atoms with Crippen LogP contribution < -0.4 is 15.2 Å². The maximum atomic E-state index is 11.7. The second-order valence-corrected chi connectivity index (χ2v) is 4.76. The van der Waals surface area contributed by atoms with Crippen LogP contribution in [-0.2, 0) is 0 Å². The summed E-state index contributed by atoms with van der Waals surface area (Å²) in [5.74, 6) is 0.834. The van der Waals surface area contributed by atoms with Crippen LogP contribution in [0.15, 0.2) is 42.5 Å². The highest BCUT2D eigenvalue weighted by molar-refractivity contribution is 6.17. The third kappa shape index (κ3) is 2.05. The van der Waals surface area contributed by atoms with E-state index >= 15 is 0 Å². The normalized spacial score (nSPS) is 10.8. The first-order valence-corrected chi connectivity index (χ1v) is 6.53. The molecule has 21 heavy (non-hydrogen) atoms. The fourth-order valence-corrected chi connectivity index (χ4v) is 2.64. The number of amides is 1. The Balaban J connectivity index is 2.49. The molecule has 4 heteroatoms. The summed E-state index contributed by atoms with van der Waals surface area (Å²) < 4.78 is 10.7. The number of fused-ring (bicyclic) bond motifs is 3. The summed E-state index contributed by atoms with van der Waals surface area (Å²) in [4.78, 5) is 11.7. The van der Waals surface area contributed by atoms with E-state index in [1.807, 2.05) is 36.4 Å². The monoisotopic (exact) mass is 281 g/mol. The molecule has 4 nitrogen and oxygen atoms in total. The molecule has 0 saturated carbocycles. The van der Waals surface area contributed by atoms with Crippen molar-refractivity contribution in [1.82, 2.24) is 0 Å². The van der Waals surface area contributed by atoms with Gasteiger partial charge in [0.15, 0.2) is 11.5 Å². The lowest BCUT2D eigenvalue weighted by molar-refractivity contribution is 0.100. The number of primary amides is 1. The standard InChI is InChI=1S/C17H15NO3/c1-20-15-8-10-7-14(17(18)19)12-6-4-3-5-11(12)13(10)9-16(15)21-2/h3-9H,1-2H3,(H2,18,19). The highest BCUT2D eigenvalue weighted by atomic mass is 16.5. The summed E-state index contributed by atoms with van der Waals surface area (Å²) in [6, 6.07) is 13.3. The zero-order chi connectivity index (χ0) is 15.0. The summed E-state index contributed by atoms with van der Waals surface area (Å²) in [6.07, 6.45) is 0. The highest BCUT2D eigenvalue weighted by Gasteiger charge is 2.13. The van der Waals surface area contributed by atoms with Crippen molar-refractivity contribution in [2.75, 3.05) is 14.2 Å². The molecule has 0 aliphatic heterocycles. The van der Waals surface area contributed by atoms with Crippen LogP contribution in [0.5, 0.6) is 11.5 Å². The van der Waals surface area contributed by atoms with E-state index in [9.17, 15) is 4.79 Å². The van der Waals surface area contributed by atoms with Crippen molar-refractivity contribution < 1.29 is 14.3 Å². The first kappa shape index (κ1) is 13.2. The summed E-state index contributed by atoms with van der Waals surface area (Å²) in [7, 11) is 3.18. The van der Waals surface area contributed by atoms with Gasteiger partial charge in [-0.25, -0.2) is 0 Å². The number of methoxy groups -OCH3 is 2. The fraction of sp³-hybridized carbons (Fsp3) is 0.118. The molecule has 0 fully saturated rings. The minimum absolute atomic E-state index is 0.442. The van der Waals surface area contributed by atoms with E-state index in [4.69, 9.17) is 15.2 Å². The molecular formula is C17H15NO3. The van der Waals surface area contributed by atoms with E-state index in [1.165, 1.54) is 0 Å². The first-order chi connectivity index (χ1) is 10.2. The third-order valence-electron chi connectivity index (χ3n) is 3.63. The number of nitrogens with two attached hydrogens (primary N) is 1. The molecule has 0 bridgehead atoms. The van der Waals surface area contributed by atoms with Crippen molar-refractivity contribution in [3.63, 3.8) is 0 Å². The molecule has 1 amide bonds. The van der Waals surface area contributed by atoms with Crippen LogP contribution in [0.2, 0.25) is 0 Å². The zero-order valence-corrected chi connectivity index (χ0v) is 11.8. The van der Waals surface area contributed by atoms with Crippen molar-refractivity contribution in [3.8, 4) is 11.5 Å². The van der Waals surface area contributed by atoms with Gasteiger partial charge in [-0.2, -0.15) is 0 Å². The second kappa shape index (κ2) is 4.98. The van der Waals surface area contributed by atoms with Gasteiger partial charge in [-0.3, -0.25) is 4.79 Å². The van der Waals surface area contributed by atoms with E-state index in [-0.39, 0.29) is 0 Å². The van der Waals surface area contributed by atoms with E-state index in [2.05, 4.69) is 0 Å². The number of hydrogen-bond acceptors (Lipinski definition) is 3. The van der Waals surface area contributed by atoms with Gasteiger partial charge >= 0.3 is 0 Å². The van der Waals surface area contributed by atoms with Crippen LogP contribution in [0, 0.1) is 0 Å². The Morgan fingerprint density at radius 1 is 0.905 bits per heavy atom. The lowest BCUT2D eigenvalue weighted by Gasteiger charge is -2.12. The lowest BCUT2D eigenvalue weighted by Crippen LogP contribution is -2.11. The SMILES string of the molecule is COc1cc2cc(C(N)=O)c3ccccc3c2cc1OC. The third-order valence-corrected chi connectivity index (χ3v) is 3.63. The number of rotatable bonds is 3. The topological polar surface area (TPSA) is 61.5 Å². The molecular weight excluding hydrogens is 266 g/mol. The Morgan fingerprint density at radius 3 is 2.14 bits per heavy atom. The number of carbonyl (C=O) groups is 1. The Kier molecular flexibility index (Phi) is 3.14. The predicted molar refractivity (Wildman–Crippen MR) is 83.1 cm³/mol. The van der Waals surface area contributed by atoms with Crippen molar-refractivity contribution >= 4 is 27.5 Å². The van der Waals surface area contributed by atoms with Crippen LogP contribution in [0.25, 0.3) is 21.5 Å². The largest absolute Gasteiger partial charge is 0.493 e. The molecule has 0 saturated heterocycles. The maximum absolute atomic E-state index is 11.7. The average Bonchev–Trinajstić information content (AvgIpc) is 2.52. The quantitative estimate of drug-likeness (QED) is 0.750. The van der Waals surface area contributed by atoms with Crippen LogP contribution in [0.3, 0.4) is 0 Å². The summed E-state index contributed by atoms with van der Waals surface area (Å²) in [5, 5.41) is 3.68. The molecule has 2 N–H and O–H groups in total. The molecule has 3 rings (SSSR count). The first-order valence-electron chi connectivity index (χ1n) is 6.53. The molecule has 3 aromatic rings. The molecule has 0 aromatic heterocycles. The molecule has 0 spiro atoms. The number of hydrogen-bond donors (Lipinski definition) is 1. The van der Waals surface area contributed by atoms with Gasteiger partial charge in [0.05, 0.1) is 14.2 Å². The molecule has 0 aliphatic carbocycles. The van der Waals surface area contributed by atoms with Gasteiger partial charge in [-0.05, 0) is 39.7 Å². The molecule has 0 atom stereocenters. The van der Waals surface area contributed by atoms with Crippen LogP contribution in [-0.4, -0.2) is 20.1 Å². The molecule has 106 valence electrons. The predicted octanol–water partition coefficient (Wildman–Crippen LogP) is 3.11. The Morgan fingerprint density at radius 2 is 1.52 bits per heavy atom. The Labute approximate surface area is 122 Å². The van der Waals surface area contributed by atoms with Gasteiger partial charge in [0.1, 0.15) is 0 Å². The van der Waals surface area contributed by atoms with E-state index in [0.29, 0.717) is 17.1 Å². The molecule has 3 aromatic carbocycles. The zero-order valence-electron chi connectivity index (χ0n) is 11.8. The lowest BCUT2D eigenvalue weighted by atomic mass is 9.96. The summed E-state index contributed by atoms with van der Waals surface area (Å²) in [5.41, 5.74) is 6.01. The summed E-state index contributed by atoms with van der Waals surface area (Å²) in [6.45, 7) is 0. The van der Waals surface area contributed by atoms with Crippen molar-refractivity contribution in [2.24, 2.45) is 5.73 Å². The van der Waals surface area contributed by atoms with Gasteiger partial charge < -0.3 is 15.2 Å². The van der Waals surface area contributed by atoms with E-state index in [0.717, 1.165) is 21.5 Å². The number of benzene rings is 3. The second-order valence-electron chi connectivity index (χ2n) is 4.76. The minimum atomic E-state index is -0.442. The fourth-order valence-electron chi connectivity index (χ4n) is 2.64. The molecule has 0 aliphatic rings. The Bertz CT molecular complexity index is 855. The smallest absolute Gasteiger partial charge is 0.249 e. The van der Waals surface area contributed by atoms with Crippen molar-refractivity contribution in [1.29, 1.82) is 0 Å². The number of carbonyl (C=O) groups excluding carboxylic acids is 1. The van der Waals surface area contributed by atoms with Gasteiger partial charge in [0, 0.05) is 5.56 Å². The summed E-state index contributed by atoms with van der Waals surface area (Å²) >= 11 is 0. The van der Waals surface area contributed by atoms with Gasteiger partial charge in [0.2, 0.25) is 5.91 Å². The van der Waals surface area contributed by atoms with Gasteiger partial charge in [-0.1, -0.05) is 24.3 Å². The average molecular weight is 281 g/mol. The van der Waals surface area contributed by atoms with Crippen molar-refractivity contribution in [2.45, 2.75) is 0 Å². The van der Waals surface area contributed by atoms with Crippen LogP contribution in [0.4, 0.5) is 0 Å². The maximum Gasteiger partial charge on any atom is 0.249 e. The minimum Gasteiger partial charge on any atom is -0.493 e. The molecule has 0 radical (unpaired) electrons.